The molecule has 0 atom stereocenters. The monoisotopic (exact) mass is 204 g/mol. The van der Waals surface area contributed by atoms with E-state index in [4.69, 9.17) is 5.73 Å². The number of nitrogen functional groups attached to an aromatic ring is 1. The SMILES string of the molecule is CCc1cc2cc(C)c(F)cc2nc1N. The van der Waals surface area contributed by atoms with Crippen molar-refractivity contribution < 1.29 is 4.39 Å². The van der Waals surface area contributed by atoms with Crippen LogP contribution < -0.4 is 5.73 Å². The molecule has 78 valence electrons. The summed E-state index contributed by atoms with van der Waals surface area (Å²) in [5.74, 6) is 0.256. The number of pyridine rings is 1. The number of rotatable bonds is 1. The molecular formula is C12H13FN2. The zero-order valence-electron chi connectivity index (χ0n) is 8.84. The van der Waals surface area contributed by atoms with Gasteiger partial charge in [0.15, 0.2) is 0 Å². The van der Waals surface area contributed by atoms with Crippen LogP contribution in [0.15, 0.2) is 18.2 Å². The zero-order valence-corrected chi connectivity index (χ0v) is 8.84. The lowest BCUT2D eigenvalue weighted by molar-refractivity contribution is 0.620. The molecule has 0 bridgehead atoms. The second-order valence-electron chi connectivity index (χ2n) is 3.68. The third-order valence-electron chi connectivity index (χ3n) is 2.59. The van der Waals surface area contributed by atoms with Crippen molar-refractivity contribution in [2.24, 2.45) is 0 Å². The van der Waals surface area contributed by atoms with E-state index in [9.17, 15) is 4.39 Å². The smallest absolute Gasteiger partial charge is 0.128 e. The Bertz CT molecular complexity index is 521. The van der Waals surface area contributed by atoms with Crippen molar-refractivity contribution in [3.05, 3.63) is 35.1 Å². The Morgan fingerprint density at radius 3 is 2.73 bits per heavy atom. The van der Waals surface area contributed by atoms with Gasteiger partial charge in [-0.25, -0.2) is 9.37 Å². The molecule has 0 spiro atoms. The largest absolute Gasteiger partial charge is 0.383 e. The Labute approximate surface area is 87.9 Å². The van der Waals surface area contributed by atoms with Crippen molar-refractivity contribution in [2.75, 3.05) is 5.73 Å². The van der Waals surface area contributed by atoms with Gasteiger partial charge >= 0.3 is 0 Å². The van der Waals surface area contributed by atoms with Crippen LogP contribution in [0.25, 0.3) is 10.9 Å². The first kappa shape index (κ1) is 9.90. The van der Waals surface area contributed by atoms with Gasteiger partial charge in [-0.1, -0.05) is 6.92 Å². The maximum absolute atomic E-state index is 13.3. The fraction of sp³-hybridized carbons (Fsp3) is 0.250. The van der Waals surface area contributed by atoms with Gasteiger partial charge in [-0.15, -0.1) is 0 Å². The van der Waals surface area contributed by atoms with Gasteiger partial charge in [-0.05, 0) is 36.6 Å². The third-order valence-corrected chi connectivity index (χ3v) is 2.59. The first-order valence-corrected chi connectivity index (χ1v) is 4.97. The summed E-state index contributed by atoms with van der Waals surface area (Å²) in [4.78, 5) is 4.19. The Kier molecular flexibility index (Phi) is 2.31. The number of aryl methyl sites for hydroxylation is 2. The van der Waals surface area contributed by atoms with Crippen LogP contribution in [0.4, 0.5) is 10.2 Å². The van der Waals surface area contributed by atoms with Crippen LogP contribution in [0.1, 0.15) is 18.1 Å². The fourth-order valence-electron chi connectivity index (χ4n) is 1.65. The van der Waals surface area contributed by atoms with Gasteiger partial charge in [0.1, 0.15) is 11.6 Å². The third kappa shape index (κ3) is 1.65. The maximum Gasteiger partial charge on any atom is 0.128 e. The molecule has 1 heterocycles. The quantitative estimate of drug-likeness (QED) is 0.775. The van der Waals surface area contributed by atoms with E-state index in [-0.39, 0.29) is 5.82 Å². The van der Waals surface area contributed by atoms with Crippen molar-refractivity contribution in [2.45, 2.75) is 20.3 Å². The van der Waals surface area contributed by atoms with E-state index in [1.165, 1.54) is 6.07 Å². The molecule has 2 N–H and O–H groups in total. The molecule has 0 radical (unpaired) electrons. The molecule has 0 saturated heterocycles. The molecule has 0 unspecified atom stereocenters. The number of halogens is 1. The average molecular weight is 204 g/mol. The Morgan fingerprint density at radius 1 is 1.33 bits per heavy atom. The van der Waals surface area contributed by atoms with Crippen LogP contribution in [-0.4, -0.2) is 4.98 Å². The number of anilines is 1. The molecular weight excluding hydrogens is 191 g/mol. The van der Waals surface area contributed by atoms with E-state index in [0.29, 0.717) is 16.9 Å². The highest BCUT2D eigenvalue weighted by molar-refractivity contribution is 5.82. The van der Waals surface area contributed by atoms with E-state index in [2.05, 4.69) is 4.98 Å². The molecule has 2 nitrogen and oxygen atoms in total. The van der Waals surface area contributed by atoms with Crippen LogP contribution in [0.5, 0.6) is 0 Å². The highest BCUT2D eigenvalue weighted by atomic mass is 19.1. The molecule has 0 aliphatic rings. The molecule has 0 fully saturated rings. The Morgan fingerprint density at radius 2 is 2.07 bits per heavy atom. The summed E-state index contributed by atoms with van der Waals surface area (Å²) in [5, 5.41) is 0.944. The van der Waals surface area contributed by atoms with Crippen molar-refractivity contribution in [1.82, 2.24) is 4.98 Å². The predicted molar refractivity (Wildman–Crippen MR) is 60.2 cm³/mol. The minimum Gasteiger partial charge on any atom is -0.383 e. The van der Waals surface area contributed by atoms with Crippen LogP contribution in [0, 0.1) is 12.7 Å². The van der Waals surface area contributed by atoms with Crippen molar-refractivity contribution >= 4 is 16.7 Å². The number of aromatic nitrogens is 1. The van der Waals surface area contributed by atoms with E-state index in [1.807, 2.05) is 13.0 Å². The summed E-state index contributed by atoms with van der Waals surface area (Å²) < 4.78 is 13.3. The van der Waals surface area contributed by atoms with Crippen LogP contribution >= 0.6 is 0 Å². The van der Waals surface area contributed by atoms with Gasteiger partial charge in [0, 0.05) is 11.5 Å². The van der Waals surface area contributed by atoms with Gasteiger partial charge < -0.3 is 5.73 Å². The molecule has 3 heteroatoms. The number of hydrogen-bond acceptors (Lipinski definition) is 2. The first-order valence-electron chi connectivity index (χ1n) is 4.97. The molecule has 0 aliphatic carbocycles. The zero-order chi connectivity index (χ0) is 11.0. The molecule has 0 aliphatic heterocycles. The summed E-state index contributed by atoms with van der Waals surface area (Å²) in [6.07, 6.45) is 0.838. The summed E-state index contributed by atoms with van der Waals surface area (Å²) >= 11 is 0. The highest BCUT2D eigenvalue weighted by Gasteiger charge is 2.05. The molecule has 1 aromatic heterocycles. The number of fused-ring (bicyclic) bond motifs is 1. The molecule has 15 heavy (non-hydrogen) atoms. The van der Waals surface area contributed by atoms with Gasteiger partial charge in [0.2, 0.25) is 0 Å². The van der Waals surface area contributed by atoms with Gasteiger partial charge in [0.05, 0.1) is 5.52 Å². The molecule has 0 saturated carbocycles. The van der Waals surface area contributed by atoms with E-state index in [1.54, 1.807) is 13.0 Å². The number of nitrogens with two attached hydrogens (primary N) is 1. The fourth-order valence-corrected chi connectivity index (χ4v) is 1.65. The second kappa shape index (κ2) is 3.50. The van der Waals surface area contributed by atoms with Crippen LogP contribution in [-0.2, 0) is 6.42 Å². The first-order chi connectivity index (χ1) is 7.11. The lowest BCUT2D eigenvalue weighted by Crippen LogP contribution is -1.98. The van der Waals surface area contributed by atoms with Gasteiger partial charge in [-0.3, -0.25) is 0 Å². The van der Waals surface area contributed by atoms with Crippen molar-refractivity contribution in [3.8, 4) is 0 Å². The standard InChI is InChI=1S/C12H13FN2/c1-3-8-5-9-4-7(2)10(13)6-11(9)15-12(8)14/h4-6H,3H2,1-2H3,(H2,14,15). The van der Waals surface area contributed by atoms with Gasteiger partial charge in [0.25, 0.3) is 0 Å². The van der Waals surface area contributed by atoms with E-state index >= 15 is 0 Å². The lowest BCUT2D eigenvalue weighted by atomic mass is 10.1. The minimum absolute atomic E-state index is 0.237. The summed E-state index contributed by atoms with van der Waals surface area (Å²) in [6, 6.07) is 5.21. The topological polar surface area (TPSA) is 38.9 Å². The highest BCUT2D eigenvalue weighted by Crippen LogP contribution is 2.21. The normalized spacial score (nSPS) is 10.9. The molecule has 0 amide bonds. The number of hydrogen-bond donors (Lipinski definition) is 1. The summed E-state index contributed by atoms with van der Waals surface area (Å²) in [6.45, 7) is 3.77. The lowest BCUT2D eigenvalue weighted by Gasteiger charge is -2.06. The van der Waals surface area contributed by atoms with E-state index < -0.39 is 0 Å². The van der Waals surface area contributed by atoms with Crippen LogP contribution in [0.3, 0.4) is 0 Å². The summed E-state index contributed by atoms with van der Waals surface area (Å²) in [7, 11) is 0. The van der Waals surface area contributed by atoms with Crippen molar-refractivity contribution in [3.63, 3.8) is 0 Å². The summed E-state index contributed by atoms with van der Waals surface area (Å²) in [5.41, 5.74) is 8.01. The maximum atomic E-state index is 13.3. The number of benzene rings is 1. The Hall–Kier alpha value is -1.64. The Balaban J connectivity index is 2.76. The molecule has 1 aromatic carbocycles. The molecule has 2 rings (SSSR count). The average Bonchev–Trinajstić information content (AvgIpc) is 2.20. The van der Waals surface area contributed by atoms with Gasteiger partial charge in [-0.2, -0.15) is 0 Å². The number of nitrogens with zero attached hydrogens (tertiary/aromatic N) is 1. The van der Waals surface area contributed by atoms with Crippen LogP contribution in [0.2, 0.25) is 0 Å². The second-order valence-corrected chi connectivity index (χ2v) is 3.68. The van der Waals surface area contributed by atoms with E-state index in [0.717, 1.165) is 17.4 Å². The minimum atomic E-state index is -0.237. The predicted octanol–water partition coefficient (Wildman–Crippen LogP) is 2.83. The molecule has 2 aromatic rings. The van der Waals surface area contributed by atoms with Crippen molar-refractivity contribution in [1.29, 1.82) is 0 Å².